The predicted octanol–water partition coefficient (Wildman–Crippen LogP) is -0.772. The van der Waals surface area contributed by atoms with Crippen LogP contribution in [0.15, 0.2) is 20.0 Å². The summed E-state index contributed by atoms with van der Waals surface area (Å²) in [6.45, 7) is 0. The molecule has 0 saturated heterocycles. The third-order valence-corrected chi connectivity index (χ3v) is 1.26. The SMILES string of the molecule is OC12C=NC=NC1=NC=N2. The van der Waals surface area contributed by atoms with Crippen LogP contribution in [0.3, 0.4) is 0 Å². The highest BCUT2D eigenvalue weighted by atomic mass is 16.3. The molecule has 0 radical (unpaired) electrons. The van der Waals surface area contributed by atoms with Crippen molar-refractivity contribution in [1.29, 1.82) is 0 Å². The van der Waals surface area contributed by atoms with E-state index in [4.69, 9.17) is 0 Å². The van der Waals surface area contributed by atoms with Gasteiger partial charge in [-0.3, -0.25) is 0 Å². The van der Waals surface area contributed by atoms with E-state index in [9.17, 15) is 5.11 Å². The molecule has 5 heteroatoms. The van der Waals surface area contributed by atoms with Crippen LogP contribution in [0.25, 0.3) is 0 Å². The highest BCUT2D eigenvalue weighted by Gasteiger charge is 2.34. The Morgan fingerprint density at radius 2 is 2.30 bits per heavy atom. The van der Waals surface area contributed by atoms with Crippen LogP contribution >= 0.6 is 0 Å². The van der Waals surface area contributed by atoms with E-state index < -0.39 is 5.72 Å². The van der Waals surface area contributed by atoms with Crippen LogP contribution in [0.2, 0.25) is 0 Å². The highest BCUT2D eigenvalue weighted by Crippen LogP contribution is 2.14. The Labute approximate surface area is 56.6 Å². The van der Waals surface area contributed by atoms with E-state index in [1.54, 1.807) is 0 Å². The fourth-order valence-electron chi connectivity index (χ4n) is 0.769. The lowest BCUT2D eigenvalue weighted by Crippen LogP contribution is -2.36. The van der Waals surface area contributed by atoms with Crippen molar-refractivity contribution < 1.29 is 5.11 Å². The summed E-state index contributed by atoms with van der Waals surface area (Å²) in [7, 11) is 0. The monoisotopic (exact) mass is 136 g/mol. The number of fused-ring (bicyclic) bond motifs is 1. The summed E-state index contributed by atoms with van der Waals surface area (Å²) in [6, 6.07) is 0. The first-order valence-electron chi connectivity index (χ1n) is 2.72. The van der Waals surface area contributed by atoms with Crippen molar-refractivity contribution >= 4 is 24.7 Å². The first-order chi connectivity index (χ1) is 4.81. The van der Waals surface area contributed by atoms with Gasteiger partial charge in [0.2, 0.25) is 0 Å². The molecule has 2 aliphatic rings. The third kappa shape index (κ3) is 0.548. The molecule has 2 heterocycles. The van der Waals surface area contributed by atoms with Gasteiger partial charge in [0.15, 0.2) is 5.84 Å². The molecule has 2 aliphatic heterocycles. The second-order valence-electron chi connectivity index (χ2n) is 1.95. The number of rotatable bonds is 0. The Morgan fingerprint density at radius 1 is 1.40 bits per heavy atom. The molecule has 0 fully saturated rings. The second-order valence-corrected chi connectivity index (χ2v) is 1.95. The molecule has 1 N–H and O–H groups in total. The Hall–Kier alpha value is -1.36. The first kappa shape index (κ1) is 5.43. The van der Waals surface area contributed by atoms with Crippen LogP contribution in [0.5, 0.6) is 0 Å². The number of nitrogens with zero attached hydrogens (tertiary/aromatic N) is 4. The minimum absolute atomic E-state index is 0.280. The average molecular weight is 136 g/mol. The van der Waals surface area contributed by atoms with Gasteiger partial charge in [0.1, 0.15) is 12.7 Å². The minimum Gasteiger partial charge on any atom is -0.359 e. The van der Waals surface area contributed by atoms with Gasteiger partial charge in [0.25, 0.3) is 5.72 Å². The lowest BCUT2D eigenvalue weighted by molar-refractivity contribution is 0.201. The van der Waals surface area contributed by atoms with E-state index in [1.807, 2.05) is 0 Å². The number of aliphatic hydroxyl groups is 1. The van der Waals surface area contributed by atoms with Gasteiger partial charge in [-0.1, -0.05) is 0 Å². The zero-order valence-corrected chi connectivity index (χ0v) is 4.97. The normalized spacial score (nSPS) is 34.3. The summed E-state index contributed by atoms with van der Waals surface area (Å²) >= 11 is 0. The van der Waals surface area contributed by atoms with Crippen LogP contribution < -0.4 is 0 Å². The molecule has 1 unspecified atom stereocenters. The zero-order chi connectivity index (χ0) is 7.03. The maximum absolute atomic E-state index is 9.42. The molecule has 0 aromatic carbocycles. The molecule has 5 nitrogen and oxygen atoms in total. The van der Waals surface area contributed by atoms with Crippen LogP contribution in [0.4, 0.5) is 0 Å². The molecule has 0 amide bonds. The number of hydrogen-bond acceptors (Lipinski definition) is 5. The Balaban J connectivity index is 2.51. The fourth-order valence-corrected chi connectivity index (χ4v) is 0.769. The number of aliphatic imine (C=N–C) groups is 4. The molecule has 50 valence electrons. The molecule has 10 heavy (non-hydrogen) atoms. The van der Waals surface area contributed by atoms with Crippen molar-refractivity contribution in [3.63, 3.8) is 0 Å². The molecule has 0 aliphatic carbocycles. The Bertz CT molecular complexity index is 277. The van der Waals surface area contributed by atoms with Crippen molar-refractivity contribution in [2.75, 3.05) is 0 Å². The van der Waals surface area contributed by atoms with E-state index in [0.29, 0.717) is 0 Å². The van der Waals surface area contributed by atoms with Gasteiger partial charge in [-0.25, -0.2) is 20.0 Å². The molecule has 0 saturated carbocycles. The first-order valence-corrected chi connectivity index (χ1v) is 2.72. The van der Waals surface area contributed by atoms with Gasteiger partial charge < -0.3 is 5.11 Å². The van der Waals surface area contributed by atoms with E-state index in [1.165, 1.54) is 18.9 Å². The summed E-state index contributed by atoms with van der Waals surface area (Å²) in [4.78, 5) is 14.7. The molecule has 0 spiro atoms. The molecule has 2 rings (SSSR count). The summed E-state index contributed by atoms with van der Waals surface area (Å²) < 4.78 is 0. The molecular weight excluding hydrogens is 132 g/mol. The van der Waals surface area contributed by atoms with Crippen LogP contribution in [0.1, 0.15) is 0 Å². The summed E-state index contributed by atoms with van der Waals surface area (Å²) in [5, 5.41) is 9.42. The molecular formula is C5H4N4O. The van der Waals surface area contributed by atoms with Crippen molar-refractivity contribution in [2.24, 2.45) is 20.0 Å². The van der Waals surface area contributed by atoms with Crippen LogP contribution in [-0.4, -0.2) is 35.6 Å². The topological polar surface area (TPSA) is 69.7 Å². The fraction of sp³-hybridized carbons (Fsp3) is 0.200. The van der Waals surface area contributed by atoms with Gasteiger partial charge in [-0.15, -0.1) is 0 Å². The van der Waals surface area contributed by atoms with Gasteiger partial charge >= 0.3 is 0 Å². The standard InChI is InChI=1S/C5H4N4O/c10-5-1-6-2-7-4(5)8-3-9-5/h1-3,10H. The molecule has 1 atom stereocenters. The summed E-state index contributed by atoms with van der Waals surface area (Å²) in [5.41, 5.74) is -1.38. The lowest BCUT2D eigenvalue weighted by Gasteiger charge is -2.14. The van der Waals surface area contributed by atoms with Gasteiger partial charge in [-0.05, 0) is 0 Å². The Morgan fingerprint density at radius 3 is 3.10 bits per heavy atom. The van der Waals surface area contributed by atoms with Gasteiger partial charge in [-0.2, -0.15) is 0 Å². The van der Waals surface area contributed by atoms with Crippen molar-refractivity contribution in [1.82, 2.24) is 0 Å². The van der Waals surface area contributed by atoms with Crippen molar-refractivity contribution in [2.45, 2.75) is 5.72 Å². The smallest absolute Gasteiger partial charge is 0.255 e. The average Bonchev–Trinajstić information content (AvgIpc) is 2.29. The largest absolute Gasteiger partial charge is 0.359 e. The quantitative estimate of drug-likeness (QED) is 0.466. The predicted molar refractivity (Wildman–Crippen MR) is 37.9 cm³/mol. The van der Waals surface area contributed by atoms with Gasteiger partial charge in [0, 0.05) is 0 Å². The highest BCUT2D eigenvalue weighted by molar-refractivity contribution is 6.16. The summed E-state index contributed by atoms with van der Waals surface area (Å²) in [5.74, 6) is 0.280. The zero-order valence-electron chi connectivity index (χ0n) is 4.97. The maximum atomic E-state index is 9.42. The molecule has 0 aromatic heterocycles. The maximum Gasteiger partial charge on any atom is 0.255 e. The van der Waals surface area contributed by atoms with Crippen molar-refractivity contribution in [3.8, 4) is 0 Å². The second kappa shape index (κ2) is 1.57. The van der Waals surface area contributed by atoms with E-state index >= 15 is 0 Å². The third-order valence-electron chi connectivity index (χ3n) is 1.26. The van der Waals surface area contributed by atoms with E-state index in [-0.39, 0.29) is 5.84 Å². The summed E-state index contributed by atoms with van der Waals surface area (Å²) in [6.07, 6.45) is 3.88. The number of amidine groups is 1. The van der Waals surface area contributed by atoms with Crippen LogP contribution in [-0.2, 0) is 0 Å². The molecule has 0 aromatic rings. The van der Waals surface area contributed by atoms with E-state index in [2.05, 4.69) is 20.0 Å². The number of hydrogen-bond donors (Lipinski definition) is 1. The van der Waals surface area contributed by atoms with Crippen LogP contribution in [0, 0.1) is 0 Å². The Kier molecular flexibility index (Phi) is 0.853. The lowest BCUT2D eigenvalue weighted by atomic mass is 10.2. The van der Waals surface area contributed by atoms with Crippen molar-refractivity contribution in [3.05, 3.63) is 0 Å². The van der Waals surface area contributed by atoms with E-state index in [0.717, 1.165) is 0 Å². The molecule has 0 bridgehead atoms. The minimum atomic E-state index is -1.38. The van der Waals surface area contributed by atoms with Gasteiger partial charge in [0.05, 0.1) is 6.21 Å².